The number of anilines is 1. The first-order valence-electron chi connectivity index (χ1n) is 5.35. The Balaban J connectivity index is 2.06. The summed E-state index contributed by atoms with van der Waals surface area (Å²) < 4.78 is 0. The first-order valence-corrected chi connectivity index (χ1v) is 5.35. The second-order valence-corrected chi connectivity index (χ2v) is 4.42. The lowest BCUT2D eigenvalue weighted by atomic mass is 9.95. The third kappa shape index (κ3) is 1.22. The SMILES string of the molecule is O=C(O)C1CC2c3ccccc3N(O)C2(O)N1. The molecule has 1 saturated heterocycles. The summed E-state index contributed by atoms with van der Waals surface area (Å²) in [5.74, 6) is -3.18. The van der Waals surface area contributed by atoms with Crippen molar-refractivity contribution in [2.75, 3.05) is 5.06 Å². The molecule has 90 valence electrons. The van der Waals surface area contributed by atoms with Crippen molar-refractivity contribution >= 4 is 11.7 Å². The van der Waals surface area contributed by atoms with Crippen molar-refractivity contribution in [3.05, 3.63) is 29.8 Å². The van der Waals surface area contributed by atoms with E-state index in [0.29, 0.717) is 5.69 Å². The summed E-state index contributed by atoms with van der Waals surface area (Å²) in [6, 6.07) is 6.16. The number of para-hydroxylation sites is 1. The lowest BCUT2D eigenvalue weighted by Crippen LogP contribution is -2.56. The van der Waals surface area contributed by atoms with Gasteiger partial charge in [0.05, 0.1) is 11.6 Å². The molecule has 0 spiro atoms. The molecule has 0 aromatic heterocycles. The summed E-state index contributed by atoms with van der Waals surface area (Å²) in [6.07, 6.45) is 0.250. The van der Waals surface area contributed by atoms with E-state index in [4.69, 9.17) is 5.11 Å². The van der Waals surface area contributed by atoms with Crippen LogP contribution < -0.4 is 10.4 Å². The van der Waals surface area contributed by atoms with Gasteiger partial charge in [-0.15, -0.1) is 0 Å². The summed E-state index contributed by atoms with van der Waals surface area (Å²) >= 11 is 0. The van der Waals surface area contributed by atoms with Gasteiger partial charge in [0.2, 0.25) is 5.85 Å². The number of carbonyl (C=O) groups is 1. The average molecular weight is 236 g/mol. The van der Waals surface area contributed by atoms with E-state index in [2.05, 4.69) is 5.32 Å². The minimum atomic E-state index is -1.72. The maximum absolute atomic E-state index is 10.9. The second-order valence-electron chi connectivity index (χ2n) is 4.42. The highest BCUT2D eigenvalue weighted by atomic mass is 16.6. The number of aliphatic carboxylic acids is 1. The van der Waals surface area contributed by atoms with Crippen molar-refractivity contribution in [1.29, 1.82) is 0 Å². The van der Waals surface area contributed by atoms with Crippen LogP contribution in [0.5, 0.6) is 0 Å². The van der Waals surface area contributed by atoms with Crippen LogP contribution in [-0.4, -0.2) is 33.3 Å². The maximum Gasteiger partial charge on any atom is 0.320 e. The fourth-order valence-corrected chi connectivity index (χ4v) is 2.69. The zero-order chi connectivity index (χ0) is 12.2. The number of rotatable bonds is 1. The molecule has 3 unspecified atom stereocenters. The van der Waals surface area contributed by atoms with Crippen LogP contribution in [0.3, 0.4) is 0 Å². The quantitative estimate of drug-likeness (QED) is 0.551. The van der Waals surface area contributed by atoms with E-state index in [9.17, 15) is 15.1 Å². The number of carboxylic acid groups (broad SMARTS) is 1. The van der Waals surface area contributed by atoms with Crippen LogP contribution in [0, 0.1) is 0 Å². The van der Waals surface area contributed by atoms with E-state index >= 15 is 0 Å². The zero-order valence-corrected chi connectivity index (χ0v) is 8.87. The van der Waals surface area contributed by atoms with Crippen LogP contribution in [0.4, 0.5) is 5.69 Å². The summed E-state index contributed by atoms with van der Waals surface area (Å²) in [4.78, 5) is 10.9. The molecule has 0 radical (unpaired) electrons. The molecule has 1 aromatic carbocycles. The number of hydrogen-bond donors (Lipinski definition) is 4. The first kappa shape index (κ1) is 10.5. The van der Waals surface area contributed by atoms with Gasteiger partial charge in [-0.1, -0.05) is 18.2 Å². The van der Waals surface area contributed by atoms with Crippen molar-refractivity contribution in [3.63, 3.8) is 0 Å². The van der Waals surface area contributed by atoms with Gasteiger partial charge in [-0.05, 0) is 18.1 Å². The van der Waals surface area contributed by atoms with Gasteiger partial charge in [0, 0.05) is 0 Å². The minimum absolute atomic E-state index is 0.250. The fourth-order valence-electron chi connectivity index (χ4n) is 2.69. The van der Waals surface area contributed by atoms with Gasteiger partial charge in [0.25, 0.3) is 0 Å². The Morgan fingerprint density at radius 1 is 1.47 bits per heavy atom. The molecule has 6 nitrogen and oxygen atoms in total. The van der Waals surface area contributed by atoms with E-state index in [1.54, 1.807) is 24.3 Å². The average Bonchev–Trinajstić information content (AvgIpc) is 2.75. The van der Waals surface area contributed by atoms with Gasteiger partial charge in [-0.3, -0.25) is 15.3 Å². The Labute approximate surface area is 97.1 Å². The fraction of sp³-hybridized carbons (Fsp3) is 0.364. The molecular weight excluding hydrogens is 224 g/mol. The van der Waals surface area contributed by atoms with Crippen LogP contribution in [0.15, 0.2) is 24.3 Å². The Hall–Kier alpha value is -1.63. The number of aliphatic hydroxyl groups is 1. The highest BCUT2D eigenvalue weighted by molar-refractivity contribution is 5.76. The molecule has 1 fully saturated rings. The standard InChI is InChI=1S/C11H12N2O4/c14-10(15)8-5-7-6-3-1-2-4-9(6)13(17)11(7,16)12-8/h1-4,7-8,12,16-17H,5H2,(H,14,15). The molecule has 4 N–H and O–H groups in total. The topological polar surface area (TPSA) is 93.0 Å². The highest BCUT2D eigenvalue weighted by Gasteiger charge is 2.58. The van der Waals surface area contributed by atoms with Gasteiger partial charge in [0.15, 0.2) is 0 Å². The Morgan fingerprint density at radius 2 is 2.18 bits per heavy atom. The lowest BCUT2D eigenvalue weighted by Gasteiger charge is -2.30. The molecule has 3 atom stereocenters. The van der Waals surface area contributed by atoms with Gasteiger partial charge in [-0.2, -0.15) is 0 Å². The van der Waals surface area contributed by atoms with Gasteiger partial charge >= 0.3 is 5.97 Å². The third-order valence-electron chi connectivity index (χ3n) is 3.51. The maximum atomic E-state index is 10.9. The largest absolute Gasteiger partial charge is 0.480 e. The molecule has 1 aromatic rings. The molecule has 2 aliphatic rings. The number of nitrogens with zero attached hydrogens (tertiary/aromatic N) is 1. The molecule has 2 aliphatic heterocycles. The van der Waals surface area contributed by atoms with Gasteiger partial charge in [-0.25, -0.2) is 5.06 Å². The second kappa shape index (κ2) is 3.19. The van der Waals surface area contributed by atoms with Crippen LogP contribution in [0.25, 0.3) is 0 Å². The molecule has 0 bridgehead atoms. The van der Waals surface area contributed by atoms with Crippen LogP contribution in [0.2, 0.25) is 0 Å². The van der Waals surface area contributed by atoms with Crippen LogP contribution in [-0.2, 0) is 4.79 Å². The predicted octanol–water partition coefficient (Wildman–Crippen LogP) is 0.0720. The normalized spacial score (nSPS) is 34.6. The Bertz CT molecular complexity index is 492. The Kier molecular flexibility index (Phi) is 1.97. The van der Waals surface area contributed by atoms with Crippen LogP contribution in [0.1, 0.15) is 17.9 Å². The summed E-state index contributed by atoms with van der Waals surface area (Å²) in [5.41, 5.74) is 1.27. The molecule has 0 aliphatic carbocycles. The molecule has 0 amide bonds. The third-order valence-corrected chi connectivity index (χ3v) is 3.51. The molecule has 17 heavy (non-hydrogen) atoms. The lowest BCUT2D eigenvalue weighted by molar-refractivity contribution is -0.140. The van der Waals surface area contributed by atoms with E-state index < -0.39 is 23.8 Å². The van der Waals surface area contributed by atoms with E-state index in [0.717, 1.165) is 10.6 Å². The first-order chi connectivity index (χ1) is 8.04. The van der Waals surface area contributed by atoms with E-state index in [1.165, 1.54) is 0 Å². The molecule has 2 heterocycles. The smallest absolute Gasteiger partial charge is 0.320 e. The van der Waals surface area contributed by atoms with Gasteiger partial charge < -0.3 is 10.2 Å². The zero-order valence-electron chi connectivity index (χ0n) is 8.87. The Morgan fingerprint density at radius 3 is 2.88 bits per heavy atom. The number of nitrogens with one attached hydrogen (secondary N) is 1. The molecule has 0 saturated carbocycles. The number of benzene rings is 1. The van der Waals surface area contributed by atoms with Crippen molar-refractivity contribution in [2.45, 2.75) is 24.2 Å². The molecular formula is C11H12N2O4. The van der Waals surface area contributed by atoms with Crippen LogP contribution >= 0.6 is 0 Å². The molecule has 3 rings (SSSR count). The van der Waals surface area contributed by atoms with Crippen molar-refractivity contribution < 1.29 is 20.2 Å². The summed E-state index contributed by atoms with van der Waals surface area (Å²) in [5, 5.41) is 32.5. The van der Waals surface area contributed by atoms with Gasteiger partial charge in [0.1, 0.15) is 6.04 Å². The monoisotopic (exact) mass is 236 g/mol. The summed E-state index contributed by atoms with van der Waals surface area (Å²) in [6.45, 7) is 0. The molecule has 6 heteroatoms. The van der Waals surface area contributed by atoms with Crippen molar-refractivity contribution in [2.24, 2.45) is 0 Å². The predicted molar refractivity (Wildman–Crippen MR) is 57.6 cm³/mol. The van der Waals surface area contributed by atoms with E-state index in [-0.39, 0.29) is 6.42 Å². The number of fused-ring (bicyclic) bond motifs is 3. The number of hydroxylamine groups is 1. The summed E-state index contributed by atoms with van der Waals surface area (Å²) in [7, 11) is 0. The van der Waals surface area contributed by atoms with E-state index in [1.807, 2.05) is 0 Å². The van der Waals surface area contributed by atoms with Crippen molar-refractivity contribution in [1.82, 2.24) is 5.32 Å². The minimum Gasteiger partial charge on any atom is -0.480 e. The highest BCUT2D eigenvalue weighted by Crippen LogP contribution is 2.49. The van der Waals surface area contributed by atoms with Crippen molar-refractivity contribution in [3.8, 4) is 0 Å². The number of hydrogen-bond acceptors (Lipinski definition) is 5. The number of carboxylic acids is 1.